The Morgan fingerprint density at radius 1 is 1.35 bits per heavy atom. The molecule has 2 rings (SSSR count). The number of carboxylic acid groups (broad SMARTS) is 1. The normalized spacial score (nSPS) is 10.8. The third kappa shape index (κ3) is 1.98. The Hall–Kier alpha value is -1.97. The fourth-order valence-corrected chi connectivity index (χ4v) is 2.18. The Morgan fingerprint density at radius 3 is 2.65 bits per heavy atom. The smallest absolute Gasteiger partial charge is 0.119 e. The SMILES string of the molecule is COc1cc(C)c2c(c1)cc(C)n2CC(=O)[O-]. The third-order valence-electron chi connectivity index (χ3n) is 2.89. The van der Waals surface area contributed by atoms with Crippen LogP contribution in [0.25, 0.3) is 10.9 Å². The Kier molecular flexibility index (Phi) is 2.79. The number of nitrogens with zero attached hydrogens (tertiary/aromatic N) is 1. The molecule has 0 aliphatic rings. The number of hydrogen-bond donors (Lipinski definition) is 0. The van der Waals surface area contributed by atoms with Crippen molar-refractivity contribution in [3.05, 3.63) is 29.5 Å². The van der Waals surface area contributed by atoms with Gasteiger partial charge in [-0.25, -0.2) is 0 Å². The van der Waals surface area contributed by atoms with Gasteiger partial charge in [0, 0.05) is 11.1 Å². The summed E-state index contributed by atoms with van der Waals surface area (Å²) in [7, 11) is 1.62. The van der Waals surface area contributed by atoms with Crippen molar-refractivity contribution >= 4 is 16.9 Å². The highest BCUT2D eigenvalue weighted by Crippen LogP contribution is 2.27. The molecule has 0 aliphatic carbocycles. The van der Waals surface area contributed by atoms with Crippen molar-refractivity contribution in [2.45, 2.75) is 20.4 Å². The van der Waals surface area contributed by atoms with Crippen LogP contribution in [-0.4, -0.2) is 17.6 Å². The third-order valence-corrected chi connectivity index (χ3v) is 2.89. The Labute approximate surface area is 99.4 Å². The van der Waals surface area contributed by atoms with Crippen LogP contribution < -0.4 is 9.84 Å². The summed E-state index contributed by atoms with van der Waals surface area (Å²) in [6.45, 7) is 3.70. The van der Waals surface area contributed by atoms with Gasteiger partial charge in [0.15, 0.2) is 0 Å². The minimum Gasteiger partial charge on any atom is -0.548 e. The van der Waals surface area contributed by atoms with E-state index in [1.807, 2.05) is 32.0 Å². The van der Waals surface area contributed by atoms with Crippen molar-refractivity contribution in [1.82, 2.24) is 4.57 Å². The van der Waals surface area contributed by atoms with E-state index >= 15 is 0 Å². The number of carboxylic acids is 1. The molecule has 0 fully saturated rings. The van der Waals surface area contributed by atoms with Crippen molar-refractivity contribution in [2.24, 2.45) is 0 Å². The van der Waals surface area contributed by atoms with Crippen molar-refractivity contribution in [1.29, 1.82) is 0 Å². The molecule has 4 nitrogen and oxygen atoms in total. The first-order valence-corrected chi connectivity index (χ1v) is 5.37. The second kappa shape index (κ2) is 4.13. The summed E-state index contributed by atoms with van der Waals surface area (Å²) < 4.78 is 6.94. The van der Waals surface area contributed by atoms with E-state index in [1.54, 1.807) is 11.7 Å². The fourth-order valence-electron chi connectivity index (χ4n) is 2.18. The second-order valence-corrected chi connectivity index (χ2v) is 4.13. The molecule has 1 aromatic heterocycles. The van der Waals surface area contributed by atoms with E-state index in [0.29, 0.717) is 0 Å². The zero-order valence-corrected chi connectivity index (χ0v) is 10.1. The van der Waals surface area contributed by atoms with Crippen LogP contribution in [0.1, 0.15) is 11.3 Å². The molecule has 0 radical (unpaired) electrons. The van der Waals surface area contributed by atoms with Gasteiger partial charge < -0.3 is 19.2 Å². The molecule has 0 spiro atoms. The molecule has 0 unspecified atom stereocenters. The van der Waals surface area contributed by atoms with Gasteiger partial charge in [-0.2, -0.15) is 0 Å². The van der Waals surface area contributed by atoms with Gasteiger partial charge in [-0.3, -0.25) is 0 Å². The molecule has 1 heterocycles. The Bertz CT molecular complexity index is 584. The fraction of sp³-hybridized carbons (Fsp3) is 0.308. The predicted octanol–water partition coefficient (Wildman–Crippen LogP) is 1.02. The van der Waals surface area contributed by atoms with E-state index in [0.717, 1.165) is 27.9 Å². The average molecular weight is 232 g/mol. The number of carbonyl (C=O) groups excluding carboxylic acids is 1. The first-order chi connectivity index (χ1) is 8.02. The van der Waals surface area contributed by atoms with E-state index < -0.39 is 5.97 Å². The standard InChI is InChI=1S/C13H15NO3/c1-8-4-11(17-3)6-10-5-9(2)14(13(8)10)7-12(15)16/h4-6H,7H2,1-3H3,(H,15,16)/p-1. The molecule has 0 saturated carbocycles. The molecule has 0 saturated heterocycles. The van der Waals surface area contributed by atoms with Gasteiger partial charge in [-0.15, -0.1) is 0 Å². The number of methoxy groups -OCH3 is 1. The summed E-state index contributed by atoms with van der Waals surface area (Å²) in [5, 5.41) is 11.7. The maximum absolute atomic E-state index is 10.7. The quantitative estimate of drug-likeness (QED) is 0.793. The van der Waals surface area contributed by atoms with E-state index in [9.17, 15) is 9.90 Å². The van der Waals surface area contributed by atoms with Crippen LogP contribution in [0, 0.1) is 13.8 Å². The molecule has 0 atom stereocenters. The maximum atomic E-state index is 10.7. The van der Waals surface area contributed by atoms with Crippen molar-refractivity contribution in [3.63, 3.8) is 0 Å². The van der Waals surface area contributed by atoms with Crippen molar-refractivity contribution in [3.8, 4) is 5.75 Å². The van der Waals surface area contributed by atoms with Crippen LogP contribution in [0.5, 0.6) is 5.75 Å². The number of hydrogen-bond acceptors (Lipinski definition) is 3. The topological polar surface area (TPSA) is 54.3 Å². The number of carbonyl (C=O) groups is 1. The van der Waals surface area contributed by atoms with Gasteiger partial charge in [-0.05, 0) is 37.6 Å². The minimum atomic E-state index is -1.08. The Morgan fingerprint density at radius 2 is 2.06 bits per heavy atom. The zero-order chi connectivity index (χ0) is 12.6. The van der Waals surface area contributed by atoms with Gasteiger partial charge in [0.05, 0.1) is 25.1 Å². The Balaban J connectivity index is 2.69. The summed E-state index contributed by atoms with van der Waals surface area (Å²) in [4.78, 5) is 10.7. The zero-order valence-electron chi connectivity index (χ0n) is 10.1. The molecule has 90 valence electrons. The molecule has 17 heavy (non-hydrogen) atoms. The molecule has 0 amide bonds. The lowest BCUT2D eigenvalue weighted by Gasteiger charge is -2.11. The second-order valence-electron chi connectivity index (χ2n) is 4.13. The van der Waals surface area contributed by atoms with E-state index in [1.165, 1.54) is 0 Å². The van der Waals surface area contributed by atoms with Crippen LogP contribution in [0.3, 0.4) is 0 Å². The lowest BCUT2D eigenvalue weighted by Crippen LogP contribution is -2.27. The largest absolute Gasteiger partial charge is 0.548 e. The van der Waals surface area contributed by atoms with Crippen LogP contribution in [0.4, 0.5) is 0 Å². The number of aryl methyl sites for hydroxylation is 2. The van der Waals surface area contributed by atoms with Gasteiger partial charge >= 0.3 is 0 Å². The lowest BCUT2D eigenvalue weighted by molar-refractivity contribution is -0.306. The summed E-state index contributed by atoms with van der Waals surface area (Å²) in [5.41, 5.74) is 2.82. The van der Waals surface area contributed by atoms with Gasteiger partial charge in [-0.1, -0.05) is 0 Å². The van der Waals surface area contributed by atoms with Crippen LogP contribution in [0.15, 0.2) is 18.2 Å². The monoisotopic (exact) mass is 232 g/mol. The molecule has 1 aromatic carbocycles. The van der Waals surface area contributed by atoms with Gasteiger partial charge in [0.2, 0.25) is 0 Å². The molecule has 0 aliphatic heterocycles. The summed E-state index contributed by atoms with van der Waals surface area (Å²) >= 11 is 0. The first kappa shape index (κ1) is 11.5. The average Bonchev–Trinajstić information content (AvgIpc) is 2.54. The number of fused-ring (bicyclic) bond motifs is 1. The first-order valence-electron chi connectivity index (χ1n) is 5.37. The van der Waals surface area contributed by atoms with Crippen LogP contribution >= 0.6 is 0 Å². The number of rotatable bonds is 3. The number of aliphatic carboxylic acids is 1. The predicted molar refractivity (Wildman–Crippen MR) is 63.0 cm³/mol. The number of benzene rings is 1. The minimum absolute atomic E-state index is 0.123. The van der Waals surface area contributed by atoms with E-state index in [-0.39, 0.29) is 6.54 Å². The number of ether oxygens (including phenoxy) is 1. The number of aromatic nitrogens is 1. The van der Waals surface area contributed by atoms with Crippen LogP contribution in [0.2, 0.25) is 0 Å². The maximum Gasteiger partial charge on any atom is 0.119 e. The molecule has 0 bridgehead atoms. The highest BCUT2D eigenvalue weighted by molar-refractivity contribution is 5.87. The van der Waals surface area contributed by atoms with E-state index in [2.05, 4.69) is 0 Å². The summed E-state index contributed by atoms with van der Waals surface area (Å²) in [6.07, 6.45) is 0. The van der Waals surface area contributed by atoms with Crippen molar-refractivity contribution in [2.75, 3.05) is 7.11 Å². The van der Waals surface area contributed by atoms with Gasteiger partial charge in [0.25, 0.3) is 0 Å². The van der Waals surface area contributed by atoms with Crippen LogP contribution in [-0.2, 0) is 11.3 Å². The molecule has 2 aromatic rings. The van der Waals surface area contributed by atoms with E-state index in [4.69, 9.17) is 4.74 Å². The van der Waals surface area contributed by atoms with Crippen molar-refractivity contribution < 1.29 is 14.6 Å². The highest BCUT2D eigenvalue weighted by Gasteiger charge is 2.09. The molecule has 0 N–H and O–H groups in total. The molecular formula is C13H14NO3-. The molecule has 4 heteroatoms. The lowest BCUT2D eigenvalue weighted by atomic mass is 10.1. The summed E-state index contributed by atoms with van der Waals surface area (Å²) in [6, 6.07) is 5.75. The van der Waals surface area contributed by atoms with Gasteiger partial charge in [0.1, 0.15) is 5.75 Å². The highest BCUT2D eigenvalue weighted by atomic mass is 16.5. The summed E-state index contributed by atoms with van der Waals surface area (Å²) in [5.74, 6) is -0.304. The molecular weight excluding hydrogens is 218 g/mol.